The molecule has 104 valence electrons. The van der Waals surface area contributed by atoms with Gasteiger partial charge in [0.1, 0.15) is 6.33 Å². The number of nitrogens with zero attached hydrogens (tertiary/aromatic N) is 3. The van der Waals surface area contributed by atoms with Crippen LogP contribution in [0.25, 0.3) is 0 Å². The van der Waals surface area contributed by atoms with E-state index < -0.39 is 4.92 Å². The second kappa shape index (κ2) is 5.80. The predicted octanol–water partition coefficient (Wildman–Crippen LogP) is 1.47. The lowest BCUT2D eigenvalue weighted by Crippen LogP contribution is -2.11. The smallest absolute Gasteiger partial charge is 0.311 e. The molecule has 3 N–H and O–H groups in total. The van der Waals surface area contributed by atoms with Crippen molar-refractivity contribution in [3.8, 4) is 17.4 Å². The number of benzene rings is 1. The first-order valence-electron chi connectivity index (χ1n) is 5.44. The summed E-state index contributed by atoms with van der Waals surface area (Å²) in [5.74, 6) is 5.69. The Balaban J connectivity index is 2.43. The third-order valence-corrected chi connectivity index (χ3v) is 2.38. The van der Waals surface area contributed by atoms with E-state index in [4.69, 9.17) is 15.3 Å². The molecule has 0 aliphatic carbocycles. The average Bonchev–Trinajstić information content (AvgIpc) is 2.47. The van der Waals surface area contributed by atoms with Crippen molar-refractivity contribution in [3.63, 3.8) is 0 Å². The third-order valence-electron chi connectivity index (χ3n) is 2.38. The molecule has 0 amide bonds. The molecule has 2 aromatic rings. The maximum Gasteiger partial charge on any atom is 0.311 e. The summed E-state index contributed by atoms with van der Waals surface area (Å²) in [6, 6.07) is 5.92. The van der Waals surface area contributed by atoms with Gasteiger partial charge in [0, 0.05) is 6.07 Å². The van der Waals surface area contributed by atoms with E-state index in [9.17, 15) is 10.1 Å². The number of anilines is 1. The number of methoxy groups -OCH3 is 1. The van der Waals surface area contributed by atoms with Gasteiger partial charge in [-0.2, -0.15) is 4.98 Å². The van der Waals surface area contributed by atoms with Gasteiger partial charge in [0.2, 0.25) is 11.5 Å². The first-order chi connectivity index (χ1) is 9.67. The van der Waals surface area contributed by atoms with Crippen LogP contribution in [0.15, 0.2) is 30.6 Å². The van der Waals surface area contributed by atoms with Gasteiger partial charge in [0.25, 0.3) is 5.88 Å². The molecular weight excluding hydrogens is 266 g/mol. The molecule has 0 aliphatic heterocycles. The second-order valence-electron chi connectivity index (χ2n) is 3.53. The third kappa shape index (κ3) is 2.57. The molecule has 1 aromatic carbocycles. The molecule has 20 heavy (non-hydrogen) atoms. The van der Waals surface area contributed by atoms with Gasteiger partial charge in [-0.05, 0) is 6.07 Å². The van der Waals surface area contributed by atoms with Gasteiger partial charge >= 0.3 is 5.69 Å². The van der Waals surface area contributed by atoms with Crippen molar-refractivity contribution >= 4 is 11.5 Å². The fourth-order valence-corrected chi connectivity index (χ4v) is 1.52. The molecule has 0 saturated carbocycles. The van der Waals surface area contributed by atoms with E-state index in [1.54, 1.807) is 6.07 Å². The van der Waals surface area contributed by atoms with E-state index in [2.05, 4.69) is 15.4 Å². The Bertz CT molecular complexity index is 634. The molecule has 2 rings (SSSR count). The molecule has 0 fully saturated rings. The van der Waals surface area contributed by atoms with Crippen molar-refractivity contribution < 1.29 is 14.4 Å². The Morgan fingerprint density at radius 3 is 2.75 bits per heavy atom. The van der Waals surface area contributed by atoms with Crippen LogP contribution in [0, 0.1) is 10.1 Å². The molecule has 1 aromatic heterocycles. The highest BCUT2D eigenvalue weighted by Gasteiger charge is 2.19. The molecule has 0 saturated heterocycles. The zero-order valence-electron chi connectivity index (χ0n) is 10.4. The number of para-hydroxylation sites is 2. The maximum atomic E-state index is 10.9. The van der Waals surface area contributed by atoms with E-state index in [0.29, 0.717) is 0 Å². The van der Waals surface area contributed by atoms with Gasteiger partial charge in [-0.1, -0.05) is 12.1 Å². The summed E-state index contributed by atoms with van der Waals surface area (Å²) < 4.78 is 10.5. The molecule has 0 bridgehead atoms. The number of nitrogen functional groups attached to an aromatic ring is 1. The van der Waals surface area contributed by atoms with Crippen LogP contribution in [0.5, 0.6) is 17.4 Å². The van der Waals surface area contributed by atoms with Gasteiger partial charge in [0.15, 0.2) is 5.82 Å². The first kappa shape index (κ1) is 13.5. The van der Waals surface area contributed by atoms with E-state index in [1.165, 1.54) is 31.6 Å². The number of nitro groups is 1. The number of aromatic nitrogens is 2. The summed E-state index contributed by atoms with van der Waals surface area (Å²) in [4.78, 5) is 18.1. The highest BCUT2D eigenvalue weighted by molar-refractivity contribution is 5.56. The molecule has 9 nitrogen and oxygen atoms in total. The zero-order chi connectivity index (χ0) is 14.5. The molecule has 0 radical (unpaired) electrons. The largest absolute Gasteiger partial charge is 0.489 e. The number of nitrogens with two attached hydrogens (primary N) is 1. The van der Waals surface area contributed by atoms with Crippen molar-refractivity contribution in [2.45, 2.75) is 0 Å². The number of hydrogen-bond donors (Lipinski definition) is 2. The minimum absolute atomic E-state index is 0.0183. The molecule has 0 aliphatic rings. The van der Waals surface area contributed by atoms with Crippen LogP contribution in [-0.2, 0) is 0 Å². The van der Waals surface area contributed by atoms with E-state index in [0.717, 1.165) is 0 Å². The van der Waals surface area contributed by atoms with Crippen LogP contribution in [0.2, 0.25) is 0 Å². The SMILES string of the molecule is COc1c(NN)ncnc1Oc1ccccc1[N+](=O)[O-]. The van der Waals surface area contributed by atoms with Gasteiger partial charge in [-0.3, -0.25) is 10.1 Å². The molecule has 1 heterocycles. The summed E-state index contributed by atoms with van der Waals surface area (Å²) in [5.41, 5.74) is 2.14. The number of nitrogens with one attached hydrogen (secondary N) is 1. The van der Waals surface area contributed by atoms with Crippen LogP contribution in [-0.4, -0.2) is 22.0 Å². The van der Waals surface area contributed by atoms with Crippen molar-refractivity contribution in [3.05, 3.63) is 40.7 Å². The topological polar surface area (TPSA) is 125 Å². The molecule has 9 heteroatoms. The van der Waals surface area contributed by atoms with E-state index in [1.807, 2.05) is 0 Å². The Labute approximate surface area is 113 Å². The normalized spacial score (nSPS) is 9.90. The van der Waals surface area contributed by atoms with Crippen molar-refractivity contribution in [1.82, 2.24) is 9.97 Å². The van der Waals surface area contributed by atoms with Gasteiger partial charge in [-0.15, -0.1) is 0 Å². The Morgan fingerprint density at radius 2 is 2.10 bits per heavy atom. The number of nitro benzene ring substituents is 1. The number of rotatable bonds is 5. The molecule has 0 atom stereocenters. The van der Waals surface area contributed by atoms with Gasteiger partial charge in [-0.25, -0.2) is 10.8 Å². The molecule has 0 spiro atoms. The summed E-state index contributed by atoms with van der Waals surface area (Å²) >= 11 is 0. The molecule has 0 unspecified atom stereocenters. The van der Waals surface area contributed by atoms with Crippen LogP contribution < -0.4 is 20.7 Å². The van der Waals surface area contributed by atoms with Gasteiger partial charge < -0.3 is 14.9 Å². The minimum atomic E-state index is -0.551. The summed E-state index contributed by atoms with van der Waals surface area (Å²) in [7, 11) is 1.38. The predicted molar refractivity (Wildman–Crippen MR) is 69.6 cm³/mol. The highest BCUT2D eigenvalue weighted by Crippen LogP contribution is 2.36. The van der Waals surface area contributed by atoms with Crippen molar-refractivity contribution in [2.24, 2.45) is 5.84 Å². The number of hydrazine groups is 1. The lowest BCUT2D eigenvalue weighted by Gasteiger charge is -2.11. The number of hydrogen-bond acceptors (Lipinski definition) is 8. The van der Waals surface area contributed by atoms with Crippen molar-refractivity contribution in [2.75, 3.05) is 12.5 Å². The summed E-state index contributed by atoms with van der Waals surface area (Å²) in [5, 5.41) is 10.9. The Kier molecular flexibility index (Phi) is 3.91. The van der Waals surface area contributed by atoms with E-state index >= 15 is 0 Å². The Hall–Kier alpha value is -2.94. The van der Waals surface area contributed by atoms with Crippen LogP contribution in [0.3, 0.4) is 0 Å². The minimum Gasteiger partial charge on any atom is -0.489 e. The fourth-order valence-electron chi connectivity index (χ4n) is 1.52. The standard InChI is InChI=1S/C11H11N5O4/c1-19-9-10(15-12)13-6-14-11(9)20-8-5-3-2-4-7(8)16(17)18/h2-6H,12H2,1H3,(H,13,14,15). The zero-order valence-corrected chi connectivity index (χ0v) is 10.4. The average molecular weight is 277 g/mol. The summed E-state index contributed by atoms with van der Waals surface area (Å²) in [6.45, 7) is 0. The summed E-state index contributed by atoms with van der Waals surface area (Å²) in [6.07, 6.45) is 1.20. The fraction of sp³-hybridized carbons (Fsp3) is 0.0909. The molecular formula is C11H11N5O4. The maximum absolute atomic E-state index is 10.9. The monoisotopic (exact) mass is 277 g/mol. The quantitative estimate of drug-likeness (QED) is 0.478. The van der Waals surface area contributed by atoms with Crippen molar-refractivity contribution in [1.29, 1.82) is 0 Å². The Morgan fingerprint density at radius 1 is 1.35 bits per heavy atom. The van der Waals surface area contributed by atoms with Crippen LogP contribution >= 0.6 is 0 Å². The lowest BCUT2D eigenvalue weighted by molar-refractivity contribution is -0.385. The van der Waals surface area contributed by atoms with E-state index in [-0.39, 0.29) is 28.9 Å². The first-order valence-corrected chi connectivity index (χ1v) is 5.44. The number of ether oxygens (including phenoxy) is 2. The van der Waals surface area contributed by atoms with Crippen LogP contribution in [0.4, 0.5) is 11.5 Å². The lowest BCUT2D eigenvalue weighted by atomic mass is 10.3. The van der Waals surface area contributed by atoms with Crippen LogP contribution in [0.1, 0.15) is 0 Å². The second-order valence-corrected chi connectivity index (χ2v) is 3.53. The highest BCUT2D eigenvalue weighted by atomic mass is 16.6. The van der Waals surface area contributed by atoms with Gasteiger partial charge in [0.05, 0.1) is 12.0 Å².